The van der Waals surface area contributed by atoms with E-state index in [2.05, 4.69) is 19.2 Å². The third-order valence-electron chi connectivity index (χ3n) is 4.11. The number of carbonyl (C=O) groups excluding carboxylic acids is 2. The first-order chi connectivity index (χ1) is 10.1. The molecule has 1 N–H and O–H groups in total. The molecule has 1 fully saturated rings. The highest BCUT2D eigenvalue weighted by Gasteiger charge is 2.42. The van der Waals surface area contributed by atoms with Gasteiger partial charge in [0.05, 0.1) is 0 Å². The summed E-state index contributed by atoms with van der Waals surface area (Å²) in [5.41, 5.74) is 0.879. The maximum atomic E-state index is 12.6. The molecule has 114 valence electrons. The molecule has 0 spiro atoms. The molecule has 0 saturated carbocycles. The fourth-order valence-corrected chi connectivity index (χ4v) is 3.04. The summed E-state index contributed by atoms with van der Waals surface area (Å²) in [6.07, 6.45) is 2.79. The highest BCUT2D eigenvalue weighted by atomic mass is 16.2. The first kappa shape index (κ1) is 15.5. The number of piperazine rings is 1. The Morgan fingerprint density at radius 2 is 1.86 bits per heavy atom. The predicted octanol–water partition coefficient (Wildman–Crippen LogP) is 2.65. The Bertz CT molecular complexity index is 501. The van der Waals surface area contributed by atoms with Gasteiger partial charge in [-0.05, 0) is 25.3 Å². The van der Waals surface area contributed by atoms with Crippen molar-refractivity contribution in [3.63, 3.8) is 0 Å². The fourth-order valence-electron chi connectivity index (χ4n) is 3.04. The Kier molecular flexibility index (Phi) is 4.99. The van der Waals surface area contributed by atoms with Crippen molar-refractivity contribution in [2.45, 2.75) is 58.2 Å². The van der Waals surface area contributed by atoms with Gasteiger partial charge in [0, 0.05) is 6.04 Å². The summed E-state index contributed by atoms with van der Waals surface area (Å²) in [6, 6.07) is 8.73. The number of rotatable bonds is 5. The Labute approximate surface area is 126 Å². The van der Waals surface area contributed by atoms with Crippen molar-refractivity contribution in [3.05, 3.63) is 35.9 Å². The number of amides is 2. The van der Waals surface area contributed by atoms with Crippen molar-refractivity contribution in [2.75, 3.05) is 0 Å². The summed E-state index contributed by atoms with van der Waals surface area (Å²) in [6.45, 7) is 5.94. The van der Waals surface area contributed by atoms with E-state index in [1.54, 1.807) is 6.92 Å². The van der Waals surface area contributed by atoms with Crippen LogP contribution in [0.3, 0.4) is 0 Å². The van der Waals surface area contributed by atoms with Crippen LogP contribution in [0.2, 0.25) is 0 Å². The fraction of sp³-hybridized carbons (Fsp3) is 0.529. The van der Waals surface area contributed by atoms with Crippen molar-refractivity contribution in [2.24, 2.45) is 0 Å². The van der Waals surface area contributed by atoms with Gasteiger partial charge >= 0.3 is 0 Å². The quantitative estimate of drug-likeness (QED) is 0.905. The molecule has 21 heavy (non-hydrogen) atoms. The van der Waals surface area contributed by atoms with Gasteiger partial charge in [0.15, 0.2) is 0 Å². The van der Waals surface area contributed by atoms with Crippen LogP contribution in [0, 0.1) is 0 Å². The number of hydrogen-bond donors (Lipinski definition) is 1. The van der Waals surface area contributed by atoms with Crippen LogP contribution in [0.5, 0.6) is 0 Å². The van der Waals surface area contributed by atoms with Crippen LogP contribution >= 0.6 is 0 Å². The van der Waals surface area contributed by atoms with Gasteiger partial charge in [-0.2, -0.15) is 0 Å². The number of nitrogens with one attached hydrogen (secondary N) is 1. The SMILES string of the molecule is CCCC(CC)N1C(=O)C(C)NC(=O)C1c1ccccc1. The topological polar surface area (TPSA) is 49.4 Å². The molecule has 0 aliphatic carbocycles. The average molecular weight is 288 g/mol. The molecule has 2 rings (SSSR count). The van der Waals surface area contributed by atoms with Gasteiger partial charge in [0.2, 0.25) is 11.8 Å². The molecule has 3 unspecified atom stereocenters. The normalized spacial score (nSPS) is 23.9. The highest BCUT2D eigenvalue weighted by Crippen LogP contribution is 2.30. The standard InChI is InChI=1S/C17H24N2O2/c1-4-9-14(5-2)19-15(13-10-7-6-8-11-13)16(20)18-12(3)17(19)21/h6-8,10-12,14-15H,4-5,9H2,1-3H3,(H,18,20). The molecular weight excluding hydrogens is 264 g/mol. The van der Waals surface area contributed by atoms with Crippen LogP contribution in [0.25, 0.3) is 0 Å². The van der Waals surface area contributed by atoms with Gasteiger partial charge < -0.3 is 10.2 Å². The van der Waals surface area contributed by atoms with Crippen molar-refractivity contribution in [1.29, 1.82) is 0 Å². The van der Waals surface area contributed by atoms with Crippen LogP contribution < -0.4 is 5.32 Å². The Balaban J connectivity index is 2.41. The average Bonchev–Trinajstić information content (AvgIpc) is 2.49. The highest BCUT2D eigenvalue weighted by molar-refractivity contribution is 5.97. The molecule has 4 nitrogen and oxygen atoms in total. The molecule has 0 radical (unpaired) electrons. The first-order valence-corrected chi connectivity index (χ1v) is 7.77. The second kappa shape index (κ2) is 6.74. The first-order valence-electron chi connectivity index (χ1n) is 7.77. The molecule has 0 aromatic heterocycles. The second-order valence-electron chi connectivity index (χ2n) is 5.64. The molecule has 0 bridgehead atoms. The van der Waals surface area contributed by atoms with Crippen LogP contribution in [-0.4, -0.2) is 28.8 Å². The second-order valence-corrected chi connectivity index (χ2v) is 5.64. The van der Waals surface area contributed by atoms with Gasteiger partial charge in [-0.1, -0.05) is 50.6 Å². The zero-order valence-electron chi connectivity index (χ0n) is 13.0. The van der Waals surface area contributed by atoms with E-state index in [1.165, 1.54) is 0 Å². The molecule has 1 aromatic rings. The molecule has 1 aliphatic heterocycles. The van der Waals surface area contributed by atoms with E-state index >= 15 is 0 Å². The summed E-state index contributed by atoms with van der Waals surface area (Å²) in [7, 11) is 0. The third-order valence-corrected chi connectivity index (χ3v) is 4.11. The van der Waals surface area contributed by atoms with E-state index in [1.807, 2.05) is 35.2 Å². The third kappa shape index (κ3) is 3.09. The van der Waals surface area contributed by atoms with E-state index in [0.29, 0.717) is 0 Å². The predicted molar refractivity (Wildman–Crippen MR) is 82.6 cm³/mol. The lowest BCUT2D eigenvalue weighted by Gasteiger charge is -2.42. The van der Waals surface area contributed by atoms with Crippen molar-refractivity contribution < 1.29 is 9.59 Å². The number of hydrogen-bond acceptors (Lipinski definition) is 2. The zero-order chi connectivity index (χ0) is 15.4. The molecule has 3 atom stereocenters. The summed E-state index contributed by atoms with van der Waals surface area (Å²) in [5.74, 6) is -0.0633. The van der Waals surface area contributed by atoms with Gasteiger partial charge in [0.1, 0.15) is 12.1 Å². The van der Waals surface area contributed by atoms with Crippen molar-refractivity contribution in [3.8, 4) is 0 Å². The van der Waals surface area contributed by atoms with E-state index in [-0.39, 0.29) is 17.9 Å². The summed E-state index contributed by atoms with van der Waals surface area (Å²) < 4.78 is 0. The Morgan fingerprint density at radius 3 is 2.43 bits per heavy atom. The number of carbonyl (C=O) groups is 2. The Morgan fingerprint density at radius 1 is 1.19 bits per heavy atom. The van der Waals surface area contributed by atoms with Crippen LogP contribution in [0.4, 0.5) is 0 Å². The van der Waals surface area contributed by atoms with Crippen LogP contribution in [-0.2, 0) is 9.59 Å². The summed E-state index contributed by atoms with van der Waals surface area (Å²) in [5, 5.41) is 2.80. The van der Waals surface area contributed by atoms with Crippen LogP contribution in [0.15, 0.2) is 30.3 Å². The van der Waals surface area contributed by atoms with E-state index in [9.17, 15) is 9.59 Å². The molecule has 1 aliphatic rings. The van der Waals surface area contributed by atoms with Gasteiger partial charge in [-0.3, -0.25) is 9.59 Å². The van der Waals surface area contributed by atoms with E-state index in [4.69, 9.17) is 0 Å². The van der Waals surface area contributed by atoms with E-state index < -0.39 is 12.1 Å². The van der Waals surface area contributed by atoms with Gasteiger partial charge in [-0.25, -0.2) is 0 Å². The summed E-state index contributed by atoms with van der Waals surface area (Å²) >= 11 is 0. The lowest BCUT2D eigenvalue weighted by molar-refractivity contribution is -0.152. The maximum Gasteiger partial charge on any atom is 0.248 e. The molecule has 1 aromatic carbocycles. The Hall–Kier alpha value is -1.84. The summed E-state index contributed by atoms with van der Waals surface area (Å²) in [4.78, 5) is 26.9. The monoisotopic (exact) mass is 288 g/mol. The lowest BCUT2D eigenvalue weighted by Crippen LogP contribution is -2.60. The lowest BCUT2D eigenvalue weighted by atomic mass is 9.95. The number of nitrogens with zero attached hydrogens (tertiary/aromatic N) is 1. The van der Waals surface area contributed by atoms with Crippen LogP contribution in [0.1, 0.15) is 51.6 Å². The van der Waals surface area contributed by atoms with Crippen molar-refractivity contribution >= 4 is 11.8 Å². The number of benzene rings is 1. The van der Waals surface area contributed by atoms with E-state index in [0.717, 1.165) is 24.8 Å². The molecular formula is C17H24N2O2. The molecule has 1 heterocycles. The molecule has 2 amide bonds. The smallest absolute Gasteiger partial charge is 0.248 e. The van der Waals surface area contributed by atoms with Gasteiger partial charge in [0.25, 0.3) is 0 Å². The maximum absolute atomic E-state index is 12.6. The zero-order valence-corrected chi connectivity index (χ0v) is 13.0. The molecule has 4 heteroatoms. The largest absolute Gasteiger partial charge is 0.342 e. The van der Waals surface area contributed by atoms with Gasteiger partial charge in [-0.15, -0.1) is 0 Å². The minimum atomic E-state index is -0.508. The minimum Gasteiger partial charge on any atom is -0.342 e. The van der Waals surface area contributed by atoms with Crippen molar-refractivity contribution in [1.82, 2.24) is 10.2 Å². The molecule has 1 saturated heterocycles. The minimum absolute atomic E-state index is 0.0174.